The van der Waals surface area contributed by atoms with Crippen molar-refractivity contribution in [3.05, 3.63) is 59.2 Å². The SMILES string of the molecule is CC(C)Oc1ccc(CCN)cc1Nc1ncc(Cl)c(Nc2ccccc2S(=O)(=O)C(C)C)n1. The molecule has 182 valence electrons. The number of aromatic nitrogens is 2. The van der Waals surface area contributed by atoms with E-state index in [-0.39, 0.29) is 27.8 Å². The molecule has 2 aromatic carbocycles. The topological polar surface area (TPSA) is 119 Å². The summed E-state index contributed by atoms with van der Waals surface area (Å²) in [5, 5.41) is 5.92. The summed E-state index contributed by atoms with van der Waals surface area (Å²) in [5.74, 6) is 1.20. The van der Waals surface area contributed by atoms with E-state index in [1.807, 2.05) is 32.0 Å². The monoisotopic (exact) mass is 503 g/mol. The van der Waals surface area contributed by atoms with Crippen LogP contribution < -0.4 is 21.1 Å². The number of anilines is 4. The van der Waals surface area contributed by atoms with Crippen LogP contribution in [0, 0.1) is 0 Å². The zero-order valence-corrected chi connectivity index (χ0v) is 21.2. The number of nitrogens with zero attached hydrogens (tertiary/aromatic N) is 2. The quantitative estimate of drug-likeness (QED) is 0.350. The van der Waals surface area contributed by atoms with Crippen LogP contribution in [0.5, 0.6) is 5.75 Å². The van der Waals surface area contributed by atoms with Crippen molar-refractivity contribution in [2.24, 2.45) is 5.73 Å². The number of ether oxygens (including phenoxy) is 1. The highest BCUT2D eigenvalue weighted by atomic mass is 35.5. The Morgan fingerprint density at radius 2 is 1.79 bits per heavy atom. The van der Waals surface area contributed by atoms with Gasteiger partial charge in [-0.15, -0.1) is 0 Å². The number of hydrogen-bond acceptors (Lipinski definition) is 8. The molecule has 0 aliphatic rings. The van der Waals surface area contributed by atoms with E-state index in [4.69, 9.17) is 22.1 Å². The van der Waals surface area contributed by atoms with E-state index in [1.165, 1.54) is 6.20 Å². The van der Waals surface area contributed by atoms with Crippen molar-refractivity contribution in [3.63, 3.8) is 0 Å². The molecule has 1 aromatic heterocycles. The van der Waals surface area contributed by atoms with Gasteiger partial charge in [0, 0.05) is 0 Å². The number of rotatable bonds is 10. The van der Waals surface area contributed by atoms with Gasteiger partial charge in [0.1, 0.15) is 10.8 Å². The van der Waals surface area contributed by atoms with Gasteiger partial charge >= 0.3 is 0 Å². The molecule has 8 nitrogen and oxygen atoms in total. The predicted molar refractivity (Wildman–Crippen MR) is 137 cm³/mol. The largest absolute Gasteiger partial charge is 0.489 e. The van der Waals surface area contributed by atoms with E-state index in [1.54, 1.807) is 38.1 Å². The fraction of sp³-hybridized carbons (Fsp3) is 0.333. The number of sulfone groups is 1. The predicted octanol–water partition coefficient (Wildman–Crippen LogP) is 5.09. The van der Waals surface area contributed by atoms with E-state index in [2.05, 4.69) is 20.6 Å². The Hall–Kier alpha value is -2.88. The Balaban J connectivity index is 1.96. The van der Waals surface area contributed by atoms with Crippen LogP contribution in [-0.2, 0) is 16.3 Å². The number of para-hydroxylation sites is 1. The van der Waals surface area contributed by atoms with Gasteiger partial charge in [0.05, 0.1) is 33.8 Å². The first-order chi connectivity index (χ1) is 16.1. The maximum atomic E-state index is 12.8. The van der Waals surface area contributed by atoms with E-state index in [9.17, 15) is 8.42 Å². The second-order valence-electron chi connectivity index (χ2n) is 8.27. The molecule has 1 heterocycles. The van der Waals surface area contributed by atoms with Crippen molar-refractivity contribution in [2.45, 2.75) is 50.4 Å². The third kappa shape index (κ3) is 6.16. The van der Waals surface area contributed by atoms with Crippen LogP contribution >= 0.6 is 11.6 Å². The first-order valence-corrected chi connectivity index (χ1v) is 12.9. The van der Waals surface area contributed by atoms with Crippen LogP contribution in [0.15, 0.2) is 53.6 Å². The van der Waals surface area contributed by atoms with Gasteiger partial charge in [-0.05, 0) is 70.5 Å². The van der Waals surface area contributed by atoms with E-state index >= 15 is 0 Å². The minimum Gasteiger partial charge on any atom is -0.489 e. The lowest BCUT2D eigenvalue weighted by Crippen LogP contribution is -2.15. The molecule has 34 heavy (non-hydrogen) atoms. The molecule has 0 bridgehead atoms. The number of halogens is 1. The Kier molecular flexibility index (Phi) is 8.35. The third-order valence-corrected chi connectivity index (χ3v) is 7.38. The van der Waals surface area contributed by atoms with Crippen LogP contribution in [0.4, 0.5) is 23.1 Å². The third-order valence-electron chi connectivity index (χ3n) is 4.90. The smallest absolute Gasteiger partial charge is 0.229 e. The van der Waals surface area contributed by atoms with Crippen LogP contribution in [0.1, 0.15) is 33.3 Å². The maximum absolute atomic E-state index is 12.8. The molecule has 0 aliphatic carbocycles. The summed E-state index contributed by atoms with van der Waals surface area (Å²) in [4.78, 5) is 8.94. The fourth-order valence-electron chi connectivity index (χ4n) is 3.19. The standard InChI is InChI=1S/C24H30ClN5O3S/c1-15(2)33-21-10-9-17(11-12-26)13-20(21)29-24-27-14-18(25)23(30-24)28-19-7-5-6-8-22(19)34(31,32)16(3)4/h5-10,13-16H,11-12,26H2,1-4H3,(H2,27,28,29,30). The molecule has 0 saturated heterocycles. The van der Waals surface area contributed by atoms with Gasteiger partial charge in [0.25, 0.3) is 0 Å². The molecular weight excluding hydrogens is 474 g/mol. The molecule has 4 N–H and O–H groups in total. The summed E-state index contributed by atoms with van der Waals surface area (Å²) >= 11 is 6.34. The number of hydrogen-bond donors (Lipinski definition) is 3. The molecule has 3 aromatic rings. The summed E-state index contributed by atoms with van der Waals surface area (Å²) in [6.45, 7) is 7.69. The molecule has 0 saturated carbocycles. The molecule has 0 fully saturated rings. The number of nitrogens with two attached hydrogens (primary N) is 1. The van der Waals surface area contributed by atoms with Gasteiger partial charge in [-0.3, -0.25) is 0 Å². The van der Waals surface area contributed by atoms with Crippen LogP contribution in [-0.4, -0.2) is 36.3 Å². The fourth-order valence-corrected chi connectivity index (χ4v) is 4.53. The summed E-state index contributed by atoms with van der Waals surface area (Å²) in [7, 11) is -3.52. The van der Waals surface area contributed by atoms with Gasteiger partial charge in [-0.1, -0.05) is 29.8 Å². The van der Waals surface area contributed by atoms with Gasteiger partial charge < -0.3 is 21.1 Å². The molecule has 0 aliphatic heterocycles. The summed E-state index contributed by atoms with van der Waals surface area (Å²) in [5.41, 5.74) is 7.83. The second-order valence-corrected chi connectivity index (χ2v) is 11.1. The zero-order valence-electron chi connectivity index (χ0n) is 19.7. The van der Waals surface area contributed by atoms with Crippen molar-refractivity contribution in [2.75, 3.05) is 17.2 Å². The first kappa shape index (κ1) is 25.7. The number of benzene rings is 2. The minimum absolute atomic E-state index is 0.0244. The molecule has 0 amide bonds. The van der Waals surface area contributed by atoms with Gasteiger partial charge in [0.15, 0.2) is 15.7 Å². The van der Waals surface area contributed by atoms with Crippen molar-refractivity contribution in [1.82, 2.24) is 9.97 Å². The second kappa shape index (κ2) is 11.0. The molecule has 0 unspecified atom stereocenters. The lowest BCUT2D eigenvalue weighted by molar-refractivity contribution is 0.243. The van der Waals surface area contributed by atoms with E-state index in [0.29, 0.717) is 30.1 Å². The van der Waals surface area contributed by atoms with Crippen molar-refractivity contribution < 1.29 is 13.2 Å². The molecular formula is C24H30ClN5O3S. The molecule has 0 atom stereocenters. The van der Waals surface area contributed by atoms with Crippen LogP contribution in [0.2, 0.25) is 5.02 Å². The highest BCUT2D eigenvalue weighted by molar-refractivity contribution is 7.92. The molecule has 3 rings (SSSR count). The summed E-state index contributed by atoms with van der Waals surface area (Å²) in [6, 6.07) is 12.5. The highest BCUT2D eigenvalue weighted by Gasteiger charge is 2.23. The van der Waals surface area contributed by atoms with Gasteiger partial charge in [-0.2, -0.15) is 4.98 Å². The van der Waals surface area contributed by atoms with Crippen molar-refractivity contribution in [3.8, 4) is 5.75 Å². The lowest BCUT2D eigenvalue weighted by Gasteiger charge is -2.17. The maximum Gasteiger partial charge on any atom is 0.229 e. The molecule has 0 radical (unpaired) electrons. The number of nitrogens with one attached hydrogen (secondary N) is 2. The Morgan fingerprint density at radius 1 is 1.06 bits per heavy atom. The molecule has 0 spiro atoms. The first-order valence-electron chi connectivity index (χ1n) is 11.0. The van der Waals surface area contributed by atoms with Gasteiger partial charge in [-0.25, -0.2) is 13.4 Å². The minimum atomic E-state index is -3.52. The van der Waals surface area contributed by atoms with Crippen molar-refractivity contribution in [1.29, 1.82) is 0 Å². The zero-order chi connectivity index (χ0) is 24.9. The van der Waals surface area contributed by atoms with Crippen molar-refractivity contribution >= 4 is 44.6 Å². The van der Waals surface area contributed by atoms with Crippen LogP contribution in [0.3, 0.4) is 0 Å². The van der Waals surface area contributed by atoms with Crippen LogP contribution in [0.25, 0.3) is 0 Å². The molecule has 10 heteroatoms. The van der Waals surface area contributed by atoms with E-state index < -0.39 is 15.1 Å². The lowest BCUT2D eigenvalue weighted by atomic mass is 10.1. The normalized spacial score (nSPS) is 11.6. The Bertz CT molecular complexity index is 1250. The van der Waals surface area contributed by atoms with E-state index in [0.717, 1.165) is 5.56 Å². The Labute approximate surface area is 205 Å². The average molecular weight is 504 g/mol. The highest BCUT2D eigenvalue weighted by Crippen LogP contribution is 2.32. The van der Waals surface area contributed by atoms with Gasteiger partial charge in [0.2, 0.25) is 5.95 Å². The Morgan fingerprint density at radius 3 is 2.47 bits per heavy atom. The summed E-state index contributed by atoms with van der Waals surface area (Å²) in [6.07, 6.45) is 2.14. The average Bonchev–Trinajstić information content (AvgIpc) is 2.78. The summed E-state index contributed by atoms with van der Waals surface area (Å²) < 4.78 is 31.5.